The number of nitrogens with one attached hydrogen (secondary N) is 1. The minimum atomic E-state index is -3.59. The van der Waals surface area contributed by atoms with E-state index in [4.69, 9.17) is 5.73 Å². The van der Waals surface area contributed by atoms with Gasteiger partial charge in [0.2, 0.25) is 38.7 Å². The third kappa shape index (κ3) is 10.9. The van der Waals surface area contributed by atoms with Crippen molar-refractivity contribution in [3.05, 3.63) is 145 Å². The summed E-state index contributed by atoms with van der Waals surface area (Å²) in [7, 11) is -9.07. The Labute approximate surface area is 303 Å². The largest absolute Gasteiger partial charge is 0.326 e. The van der Waals surface area contributed by atoms with Gasteiger partial charge in [-0.2, -0.15) is 0 Å². The van der Waals surface area contributed by atoms with Crippen LogP contribution >= 0.6 is 10.7 Å². The molecule has 0 atom stereocenters. The third-order valence-electron chi connectivity index (χ3n) is 7.36. The van der Waals surface area contributed by atoms with E-state index in [1.165, 1.54) is 0 Å². The van der Waals surface area contributed by atoms with Crippen LogP contribution in [0.15, 0.2) is 153 Å². The van der Waals surface area contributed by atoms with Crippen molar-refractivity contribution >= 4 is 71.0 Å². The lowest BCUT2D eigenvalue weighted by Crippen LogP contribution is -2.21. The van der Waals surface area contributed by atoms with Gasteiger partial charge in [-0.1, -0.05) is 84.9 Å². The van der Waals surface area contributed by atoms with E-state index in [2.05, 4.69) is 15.4 Å². The van der Waals surface area contributed by atoms with E-state index in [-0.39, 0.29) is 16.3 Å². The number of hydrogen-bond donors (Lipinski definition) is 2. The zero-order chi connectivity index (χ0) is 37.5. The molecule has 0 aromatic heterocycles. The summed E-state index contributed by atoms with van der Waals surface area (Å²) in [4.78, 5) is 1.05. The summed E-state index contributed by atoms with van der Waals surface area (Å²) >= 11 is 0. The fourth-order valence-corrected chi connectivity index (χ4v) is 8.06. The summed E-state index contributed by atoms with van der Waals surface area (Å²) in [6, 6.07) is 37.9. The number of fused-ring (bicyclic) bond motifs is 2. The van der Waals surface area contributed by atoms with E-state index in [0.29, 0.717) is 16.3 Å². The Hall–Kier alpha value is -4.15. The van der Waals surface area contributed by atoms with Crippen LogP contribution in [0.4, 0.5) is 0 Å². The molecule has 0 aliphatic rings. The SMILES string of the molecule is CS(=O)(=O)Cl.CS(=O)(=O)NCc1cccc2cc(S(=O)(=O)c3ccccc3)ccc12.NCc1cccc2cc(S(=O)(=O)c3ccccc3)ccc12. The summed E-state index contributed by atoms with van der Waals surface area (Å²) in [6.07, 6.45) is 2.03. The molecule has 0 radical (unpaired) electrons. The molecule has 0 amide bonds. The number of rotatable bonds is 8. The first-order chi connectivity index (χ1) is 23.9. The van der Waals surface area contributed by atoms with Crippen LogP contribution in [0.1, 0.15) is 11.1 Å². The summed E-state index contributed by atoms with van der Waals surface area (Å²) in [5.41, 5.74) is 7.51. The quantitative estimate of drug-likeness (QED) is 0.174. The molecule has 0 fully saturated rings. The number of hydrogen-bond acceptors (Lipinski definition) is 9. The van der Waals surface area contributed by atoms with Gasteiger partial charge in [0, 0.05) is 23.8 Å². The van der Waals surface area contributed by atoms with E-state index in [1.54, 1.807) is 97.1 Å². The summed E-state index contributed by atoms with van der Waals surface area (Å²) in [6.45, 7) is 0.586. The molecule has 6 aromatic rings. The van der Waals surface area contributed by atoms with Crippen LogP contribution in [-0.2, 0) is 51.8 Å². The molecule has 6 rings (SSSR count). The van der Waals surface area contributed by atoms with Gasteiger partial charge >= 0.3 is 0 Å². The molecule has 10 nitrogen and oxygen atoms in total. The lowest BCUT2D eigenvalue weighted by Gasteiger charge is -2.10. The van der Waals surface area contributed by atoms with Crippen molar-refractivity contribution in [1.29, 1.82) is 0 Å². The fraction of sp³-hybridized carbons (Fsp3) is 0.111. The van der Waals surface area contributed by atoms with Crippen LogP contribution in [0.3, 0.4) is 0 Å². The summed E-state index contributed by atoms with van der Waals surface area (Å²) < 4.78 is 94.5. The van der Waals surface area contributed by atoms with Crippen LogP contribution in [0.5, 0.6) is 0 Å². The van der Waals surface area contributed by atoms with E-state index < -0.39 is 38.7 Å². The number of benzene rings is 6. The van der Waals surface area contributed by atoms with E-state index in [1.807, 2.05) is 36.4 Å². The number of nitrogens with two attached hydrogens (primary N) is 1. The Morgan fingerprint density at radius 1 is 0.510 bits per heavy atom. The Morgan fingerprint density at radius 3 is 1.29 bits per heavy atom. The highest BCUT2D eigenvalue weighted by Crippen LogP contribution is 2.28. The molecule has 3 N–H and O–H groups in total. The molecule has 0 heterocycles. The van der Waals surface area contributed by atoms with Crippen LogP contribution in [-0.4, -0.2) is 46.2 Å². The van der Waals surface area contributed by atoms with Crippen LogP contribution in [0.2, 0.25) is 0 Å². The maximum absolute atomic E-state index is 12.7. The van der Waals surface area contributed by atoms with Crippen LogP contribution in [0.25, 0.3) is 21.5 Å². The summed E-state index contributed by atoms with van der Waals surface area (Å²) in [5, 5.41) is 3.43. The van der Waals surface area contributed by atoms with Crippen molar-refractivity contribution in [2.24, 2.45) is 5.73 Å². The molecule has 0 unspecified atom stereocenters. The third-order valence-corrected chi connectivity index (χ3v) is 11.6. The van der Waals surface area contributed by atoms with Gasteiger partial charge in [0.1, 0.15) is 0 Å². The highest BCUT2D eigenvalue weighted by atomic mass is 35.7. The smallest absolute Gasteiger partial charge is 0.229 e. The Kier molecular flexibility index (Phi) is 12.8. The minimum Gasteiger partial charge on any atom is -0.326 e. The normalized spacial score (nSPS) is 12.0. The van der Waals surface area contributed by atoms with Gasteiger partial charge in [-0.15, -0.1) is 0 Å². The first-order valence-electron chi connectivity index (χ1n) is 15.1. The molecule has 51 heavy (non-hydrogen) atoms. The zero-order valence-corrected chi connectivity index (χ0v) is 31.5. The number of halogens is 1. The highest BCUT2D eigenvalue weighted by Gasteiger charge is 2.19. The fourth-order valence-electron chi connectivity index (χ4n) is 5.00. The topological polar surface area (TPSA) is 175 Å². The van der Waals surface area contributed by atoms with Crippen molar-refractivity contribution in [1.82, 2.24) is 4.72 Å². The molecule has 0 bridgehead atoms. The maximum atomic E-state index is 12.7. The van der Waals surface area contributed by atoms with Crippen molar-refractivity contribution < 1.29 is 33.7 Å². The average Bonchev–Trinajstić information content (AvgIpc) is 3.10. The molecule has 6 aromatic carbocycles. The standard InChI is InChI=1S/C18H17NO4S2.C17H15NO2S.CH3ClO2S/c1-24(20,21)19-13-15-7-5-6-14-12-17(10-11-18(14)15)25(22,23)16-8-3-2-4-9-16;18-12-14-6-4-5-13-11-16(9-10-17(13)14)21(19,20)15-7-2-1-3-8-15;1-5(2,3)4/h2-12,19H,13H2,1H3;1-11H,12,18H2;1H3. The first-order valence-corrected chi connectivity index (χ1v) is 22.7. The van der Waals surface area contributed by atoms with Crippen LogP contribution < -0.4 is 10.5 Å². The Morgan fingerprint density at radius 2 is 0.902 bits per heavy atom. The van der Waals surface area contributed by atoms with E-state index >= 15 is 0 Å². The van der Waals surface area contributed by atoms with Crippen molar-refractivity contribution in [3.63, 3.8) is 0 Å². The summed E-state index contributed by atoms with van der Waals surface area (Å²) in [5.74, 6) is 0. The monoisotopic (exact) mass is 786 g/mol. The lowest BCUT2D eigenvalue weighted by atomic mass is 10.1. The van der Waals surface area contributed by atoms with E-state index in [9.17, 15) is 33.7 Å². The number of sulfone groups is 2. The van der Waals surface area contributed by atoms with Gasteiger partial charge in [0.25, 0.3) is 0 Å². The highest BCUT2D eigenvalue weighted by molar-refractivity contribution is 8.13. The molecule has 0 aliphatic heterocycles. The maximum Gasteiger partial charge on any atom is 0.229 e. The van der Waals surface area contributed by atoms with Crippen molar-refractivity contribution in [3.8, 4) is 0 Å². The predicted octanol–water partition coefficient (Wildman–Crippen LogP) is 6.04. The van der Waals surface area contributed by atoms with Crippen molar-refractivity contribution in [2.45, 2.75) is 32.7 Å². The van der Waals surface area contributed by atoms with Crippen molar-refractivity contribution in [2.75, 3.05) is 12.5 Å². The molecule has 0 saturated carbocycles. The molecule has 268 valence electrons. The first kappa shape index (κ1) is 39.6. The van der Waals surface area contributed by atoms with Gasteiger partial charge in [-0.3, -0.25) is 0 Å². The Balaban J connectivity index is 0.000000204. The molecular formula is C36H35ClN2O8S4. The predicted molar refractivity (Wildman–Crippen MR) is 202 cm³/mol. The van der Waals surface area contributed by atoms with Gasteiger partial charge in [0.05, 0.1) is 32.1 Å². The second-order valence-electron chi connectivity index (χ2n) is 11.2. The van der Waals surface area contributed by atoms with Gasteiger partial charge in [0.15, 0.2) is 0 Å². The second-order valence-corrected chi connectivity index (χ2v) is 20.0. The number of sulfonamides is 1. The second kappa shape index (κ2) is 16.5. The van der Waals surface area contributed by atoms with Gasteiger partial charge in [-0.05, 0) is 81.2 Å². The van der Waals surface area contributed by atoms with Crippen LogP contribution in [0, 0.1) is 0 Å². The molecular weight excluding hydrogens is 752 g/mol. The molecule has 0 saturated heterocycles. The zero-order valence-electron chi connectivity index (χ0n) is 27.5. The Bertz CT molecular complexity index is 2600. The molecule has 15 heteroatoms. The lowest BCUT2D eigenvalue weighted by molar-refractivity contribution is 0.587. The van der Waals surface area contributed by atoms with Gasteiger partial charge in [-0.25, -0.2) is 38.4 Å². The molecule has 0 spiro atoms. The minimum absolute atomic E-state index is 0.154. The van der Waals surface area contributed by atoms with E-state index in [0.717, 1.165) is 45.2 Å². The average molecular weight is 787 g/mol. The molecule has 0 aliphatic carbocycles. The van der Waals surface area contributed by atoms with Gasteiger partial charge < -0.3 is 5.73 Å².